The first-order valence-corrected chi connectivity index (χ1v) is 7.38. The number of nitrogens with zero attached hydrogens (tertiary/aromatic N) is 3. The first kappa shape index (κ1) is 15.1. The summed E-state index contributed by atoms with van der Waals surface area (Å²) in [6, 6.07) is 0. The number of aromatic nitrogens is 3. The highest BCUT2D eigenvalue weighted by molar-refractivity contribution is 9.10. The summed E-state index contributed by atoms with van der Waals surface area (Å²) in [6.45, 7) is 0.185. The summed E-state index contributed by atoms with van der Waals surface area (Å²) < 4.78 is 13.0. The number of aliphatic hydroxyl groups excluding tert-OH is 2. The molecule has 2 N–H and O–H groups in total. The minimum absolute atomic E-state index is 0.185. The van der Waals surface area contributed by atoms with Gasteiger partial charge in [-0.2, -0.15) is 0 Å². The Balaban J connectivity index is 2.03. The molecule has 9 heteroatoms. The Morgan fingerprint density at radius 2 is 2.19 bits per heavy atom. The molecule has 1 aliphatic heterocycles. The van der Waals surface area contributed by atoms with Crippen molar-refractivity contribution in [2.24, 2.45) is 0 Å². The second-order valence-electron chi connectivity index (χ2n) is 4.75. The van der Waals surface area contributed by atoms with E-state index in [9.17, 15) is 10.2 Å². The first-order valence-electron chi connectivity index (χ1n) is 6.21. The van der Waals surface area contributed by atoms with Crippen molar-refractivity contribution in [2.45, 2.75) is 24.5 Å². The summed E-state index contributed by atoms with van der Waals surface area (Å²) >= 11 is 9.45. The maximum Gasteiger partial charge on any atom is 0.164 e. The van der Waals surface area contributed by atoms with Gasteiger partial charge in [0.15, 0.2) is 6.23 Å². The van der Waals surface area contributed by atoms with Crippen LogP contribution in [0.5, 0.6) is 0 Å². The SMILES string of the molecule is COC[C@H]1O[C@@H](n2cc(Br)c3c(Cl)ncnc32)[C@@H](O)[C@H]1O. The molecule has 0 saturated carbocycles. The molecule has 3 heterocycles. The predicted octanol–water partition coefficient (Wildman–Crippen LogP) is 1.11. The number of halogens is 2. The van der Waals surface area contributed by atoms with Crippen molar-refractivity contribution in [1.29, 1.82) is 0 Å². The van der Waals surface area contributed by atoms with E-state index in [0.717, 1.165) is 0 Å². The highest BCUT2D eigenvalue weighted by Gasteiger charge is 2.44. The molecule has 0 aliphatic carbocycles. The maximum absolute atomic E-state index is 10.2. The van der Waals surface area contributed by atoms with Crippen LogP contribution in [0.3, 0.4) is 0 Å². The zero-order valence-corrected chi connectivity index (χ0v) is 13.3. The van der Waals surface area contributed by atoms with Gasteiger partial charge in [-0.25, -0.2) is 9.97 Å². The quantitative estimate of drug-likeness (QED) is 0.778. The summed E-state index contributed by atoms with van der Waals surface area (Å²) in [6.07, 6.45) is -0.493. The van der Waals surface area contributed by atoms with Gasteiger partial charge in [-0.05, 0) is 15.9 Å². The summed E-state index contributed by atoms with van der Waals surface area (Å²) in [5.41, 5.74) is 0.510. The van der Waals surface area contributed by atoms with Crippen LogP contribution >= 0.6 is 27.5 Å². The Morgan fingerprint density at radius 1 is 1.43 bits per heavy atom. The van der Waals surface area contributed by atoms with Crippen LogP contribution in [0.1, 0.15) is 6.23 Å². The molecule has 0 unspecified atom stereocenters. The fourth-order valence-corrected chi connectivity index (χ4v) is 3.39. The van der Waals surface area contributed by atoms with Crippen molar-refractivity contribution >= 4 is 38.6 Å². The molecule has 0 radical (unpaired) electrons. The van der Waals surface area contributed by atoms with Crippen LogP contribution in [0.25, 0.3) is 11.0 Å². The Hall–Kier alpha value is -0.770. The number of hydrogen-bond acceptors (Lipinski definition) is 6. The second-order valence-corrected chi connectivity index (χ2v) is 5.96. The molecule has 1 aliphatic rings. The molecule has 1 saturated heterocycles. The van der Waals surface area contributed by atoms with Gasteiger partial charge >= 0.3 is 0 Å². The van der Waals surface area contributed by atoms with Crippen molar-refractivity contribution in [1.82, 2.24) is 14.5 Å². The molecule has 7 nitrogen and oxygen atoms in total. The average Bonchev–Trinajstić information content (AvgIpc) is 2.93. The molecule has 2 aromatic rings. The number of methoxy groups -OCH3 is 1. The molecule has 21 heavy (non-hydrogen) atoms. The molecule has 0 aromatic carbocycles. The molecule has 4 atom stereocenters. The summed E-state index contributed by atoms with van der Waals surface area (Å²) in [5.74, 6) is 0. The van der Waals surface area contributed by atoms with Gasteiger partial charge in [0.2, 0.25) is 0 Å². The van der Waals surface area contributed by atoms with E-state index in [1.54, 1.807) is 10.8 Å². The maximum atomic E-state index is 10.2. The largest absolute Gasteiger partial charge is 0.387 e. The predicted molar refractivity (Wildman–Crippen MR) is 78.0 cm³/mol. The fraction of sp³-hybridized carbons (Fsp3) is 0.500. The van der Waals surface area contributed by atoms with Gasteiger partial charge in [-0.1, -0.05) is 11.6 Å². The fourth-order valence-electron chi connectivity index (χ4n) is 2.46. The van der Waals surface area contributed by atoms with Crippen LogP contribution in [0.15, 0.2) is 17.0 Å². The first-order chi connectivity index (χ1) is 10.0. The van der Waals surface area contributed by atoms with Crippen molar-refractivity contribution in [3.63, 3.8) is 0 Å². The Bertz CT molecular complexity index is 667. The van der Waals surface area contributed by atoms with Crippen LogP contribution in [-0.2, 0) is 9.47 Å². The van der Waals surface area contributed by atoms with Crippen molar-refractivity contribution in [2.75, 3.05) is 13.7 Å². The van der Waals surface area contributed by atoms with Crippen LogP contribution < -0.4 is 0 Å². The van der Waals surface area contributed by atoms with Gasteiger partial charge in [0.1, 0.15) is 35.4 Å². The summed E-state index contributed by atoms with van der Waals surface area (Å²) in [7, 11) is 1.50. The standard InChI is InChI=1S/C12H13BrClN3O4/c1-20-3-6-8(18)9(19)12(21-6)17-2-5(13)7-10(14)15-4-16-11(7)17/h2,4,6,8-9,12,18-19H,3H2,1H3/t6-,8+,9+,12-/m1/s1. The third-order valence-electron chi connectivity index (χ3n) is 3.46. The molecule has 0 bridgehead atoms. The average molecular weight is 379 g/mol. The molecule has 114 valence electrons. The summed E-state index contributed by atoms with van der Waals surface area (Å²) in [5, 5.41) is 21.1. The van der Waals surface area contributed by atoms with Crippen molar-refractivity contribution < 1.29 is 19.7 Å². The third kappa shape index (κ3) is 2.45. The Kier molecular flexibility index (Phi) is 4.17. The minimum atomic E-state index is -1.10. The lowest BCUT2D eigenvalue weighted by Gasteiger charge is -2.17. The number of ether oxygens (including phenoxy) is 2. The van der Waals surface area contributed by atoms with E-state index < -0.39 is 24.5 Å². The van der Waals surface area contributed by atoms with Gasteiger partial charge in [-0.15, -0.1) is 0 Å². The second kappa shape index (κ2) is 5.79. The van der Waals surface area contributed by atoms with Gasteiger partial charge in [0.05, 0.1) is 12.0 Å². The Labute approximate surface area is 133 Å². The molecular formula is C12H13BrClN3O4. The highest BCUT2D eigenvalue weighted by atomic mass is 79.9. The monoisotopic (exact) mass is 377 g/mol. The van der Waals surface area contributed by atoms with Crippen LogP contribution in [0.4, 0.5) is 0 Å². The zero-order valence-electron chi connectivity index (χ0n) is 11.0. The molecule has 0 amide bonds. The lowest BCUT2D eigenvalue weighted by Crippen LogP contribution is -2.33. The van der Waals surface area contributed by atoms with Crippen LogP contribution in [-0.4, -0.2) is 56.8 Å². The van der Waals surface area contributed by atoms with Gasteiger partial charge in [-0.3, -0.25) is 0 Å². The van der Waals surface area contributed by atoms with E-state index in [-0.39, 0.29) is 6.61 Å². The zero-order chi connectivity index (χ0) is 15.1. The van der Waals surface area contributed by atoms with Crippen LogP contribution in [0, 0.1) is 0 Å². The van der Waals surface area contributed by atoms with Gasteiger partial charge in [0, 0.05) is 17.8 Å². The van der Waals surface area contributed by atoms with E-state index >= 15 is 0 Å². The number of hydrogen-bond donors (Lipinski definition) is 2. The van der Waals surface area contributed by atoms with Crippen molar-refractivity contribution in [3.05, 3.63) is 22.1 Å². The Morgan fingerprint density at radius 3 is 2.90 bits per heavy atom. The topological polar surface area (TPSA) is 89.6 Å². The third-order valence-corrected chi connectivity index (χ3v) is 4.35. The molecule has 3 rings (SSSR count). The minimum Gasteiger partial charge on any atom is -0.387 e. The van der Waals surface area contributed by atoms with E-state index in [1.807, 2.05) is 0 Å². The number of aliphatic hydroxyl groups is 2. The smallest absolute Gasteiger partial charge is 0.164 e. The number of fused-ring (bicyclic) bond motifs is 1. The van der Waals surface area contributed by atoms with Gasteiger partial charge in [0.25, 0.3) is 0 Å². The lowest BCUT2D eigenvalue weighted by atomic mass is 10.1. The van der Waals surface area contributed by atoms with E-state index in [2.05, 4.69) is 25.9 Å². The van der Waals surface area contributed by atoms with Crippen LogP contribution in [0.2, 0.25) is 5.15 Å². The van der Waals surface area contributed by atoms with E-state index in [0.29, 0.717) is 20.7 Å². The normalized spacial score (nSPS) is 29.4. The molecular weight excluding hydrogens is 366 g/mol. The van der Waals surface area contributed by atoms with E-state index in [4.69, 9.17) is 21.1 Å². The molecule has 2 aromatic heterocycles. The number of rotatable bonds is 3. The van der Waals surface area contributed by atoms with Gasteiger partial charge < -0.3 is 24.3 Å². The van der Waals surface area contributed by atoms with Crippen molar-refractivity contribution in [3.8, 4) is 0 Å². The van der Waals surface area contributed by atoms with E-state index in [1.165, 1.54) is 13.4 Å². The highest BCUT2D eigenvalue weighted by Crippen LogP contribution is 2.36. The molecule has 0 spiro atoms. The summed E-state index contributed by atoms with van der Waals surface area (Å²) in [4.78, 5) is 8.10. The lowest BCUT2D eigenvalue weighted by molar-refractivity contribution is -0.0578. The molecule has 1 fully saturated rings.